The van der Waals surface area contributed by atoms with Gasteiger partial charge in [0.25, 0.3) is 0 Å². The average molecular weight is 315 g/mol. The molecule has 1 aliphatic carbocycles. The van der Waals surface area contributed by atoms with Crippen molar-refractivity contribution in [3.05, 3.63) is 65.5 Å². The quantitative estimate of drug-likeness (QED) is 0.793. The van der Waals surface area contributed by atoms with Crippen LogP contribution in [0.3, 0.4) is 0 Å². The van der Waals surface area contributed by atoms with Gasteiger partial charge in [-0.2, -0.15) is 0 Å². The standard InChI is InChI=1S/C18H18FNOS/c1-20(17-11-6-13-4-2-3-5-16(13)17)18(21)12-22-15-9-7-14(19)8-10-15/h2-5,7-10,17H,6,11-12H2,1H3/t17-/m1/s1. The highest BCUT2D eigenvalue weighted by molar-refractivity contribution is 8.00. The van der Waals surface area contributed by atoms with Crippen molar-refractivity contribution in [3.63, 3.8) is 0 Å². The number of hydrogen-bond donors (Lipinski definition) is 0. The normalized spacial score (nSPS) is 16.4. The molecular weight excluding hydrogens is 297 g/mol. The van der Waals surface area contributed by atoms with Gasteiger partial charge < -0.3 is 4.90 Å². The van der Waals surface area contributed by atoms with Crippen LogP contribution in [0, 0.1) is 5.82 Å². The summed E-state index contributed by atoms with van der Waals surface area (Å²) in [6.07, 6.45) is 2.02. The predicted octanol–water partition coefficient (Wildman–Crippen LogP) is 4.06. The summed E-state index contributed by atoms with van der Waals surface area (Å²) in [6, 6.07) is 14.8. The number of carbonyl (C=O) groups excluding carboxylic acids is 1. The Morgan fingerprint density at radius 2 is 1.95 bits per heavy atom. The topological polar surface area (TPSA) is 20.3 Å². The number of benzene rings is 2. The number of aryl methyl sites for hydroxylation is 1. The summed E-state index contributed by atoms with van der Waals surface area (Å²) in [5.41, 5.74) is 2.61. The summed E-state index contributed by atoms with van der Waals surface area (Å²) in [5, 5.41) is 0. The lowest BCUT2D eigenvalue weighted by Gasteiger charge is -2.25. The van der Waals surface area contributed by atoms with Crippen LogP contribution in [-0.2, 0) is 11.2 Å². The van der Waals surface area contributed by atoms with Crippen LogP contribution in [0.4, 0.5) is 4.39 Å². The SMILES string of the molecule is CN(C(=O)CSc1ccc(F)cc1)[C@@H]1CCc2ccccc21. The van der Waals surface area contributed by atoms with Gasteiger partial charge in [-0.25, -0.2) is 4.39 Å². The van der Waals surface area contributed by atoms with Gasteiger partial charge in [-0.05, 0) is 48.2 Å². The Kier molecular flexibility index (Phi) is 4.48. The molecule has 22 heavy (non-hydrogen) atoms. The molecule has 1 amide bonds. The Hall–Kier alpha value is -1.81. The van der Waals surface area contributed by atoms with Crippen molar-refractivity contribution in [2.45, 2.75) is 23.8 Å². The summed E-state index contributed by atoms with van der Waals surface area (Å²) < 4.78 is 12.9. The van der Waals surface area contributed by atoms with Gasteiger partial charge in [0.15, 0.2) is 0 Å². The van der Waals surface area contributed by atoms with Crippen molar-refractivity contribution in [2.24, 2.45) is 0 Å². The van der Waals surface area contributed by atoms with Gasteiger partial charge in [0.1, 0.15) is 5.82 Å². The van der Waals surface area contributed by atoms with Gasteiger partial charge in [-0.3, -0.25) is 4.79 Å². The van der Waals surface area contributed by atoms with Crippen molar-refractivity contribution in [2.75, 3.05) is 12.8 Å². The van der Waals surface area contributed by atoms with Crippen molar-refractivity contribution in [1.82, 2.24) is 4.90 Å². The minimum absolute atomic E-state index is 0.107. The van der Waals surface area contributed by atoms with Crippen molar-refractivity contribution >= 4 is 17.7 Å². The first-order chi connectivity index (χ1) is 10.6. The number of fused-ring (bicyclic) bond motifs is 1. The van der Waals surface area contributed by atoms with Crippen LogP contribution in [0.15, 0.2) is 53.4 Å². The van der Waals surface area contributed by atoms with E-state index in [1.165, 1.54) is 35.0 Å². The van der Waals surface area contributed by atoms with Crippen LogP contribution in [-0.4, -0.2) is 23.6 Å². The third-order valence-electron chi connectivity index (χ3n) is 4.14. The van der Waals surface area contributed by atoms with Crippen LogP contribution in [0.1, 0.15) is 23.6 Å². The van der Waals surface area contributed by atoms with Gasteiger partial charge in [-0.1, -0.05) is 24.3 Å². The van der Waals surface area contributed by atoms with Crippen LogP contribution in [0.2, 0.25) is 0 Å². The zero-order valence-corrected chi connectivity index (χ0v) is 13.3. The molecule has 2 aromatic carbocycles. The first kappa shape index (κ1) is 15.1. The zero-order chi connectivity index (χ0) is 15.5. The van der Waals surface area contributed by atoms with E-state index in [2.05, 4.69) is 12.1 Å². The molecule has 0 unspecified atom stereocenters. The van der Waals surface area contributed by atoms with Crippen LogP contribution >= 0.6 is 11.8 Å². The molecule has 0 heterocycles. The second-order valence-corrected chi connectivity index (χ2v) is 6.55. The lowest BCUT2D eigenvalue weighted by atomic mass is 10.1. The van der Waals surface area contributed by atoms with Gasteiger partial charge in [-0.15, -0.1) is 11.8 Å². The van der Waals surface area contributed by atoms with Crippen LogP contribution < -0.4 is 0 Å². The van der Waals surface area contributed by atoms with Gasteiger partial charge in [0.2, 0.25) is 5.91 Å². The molecule has 0 N–H and O–H groups in total. The van der Waals surface area contributed by atoms with Gasteiger partial charge in [0.05, 0.1) is 11.8 Å². The van der Waals surface area contributed by atoms with E-state index in [4.69, 9.17) is 0 Å². The number of halogens is 1. The lowest BCUT2D eigenvalue weighted by molar-refractivity contribution is -0.129. The maximum atomic E-state index is 12.9. The van der Waals surface area contributed by atoms with E-state index >= 15 is 0 Å². The van der Waals surface area contributed by atoms with Gasteiger partial charge in [0, 0.05) is 11.9 Å². The molecule has 2 aromatic rings. The Balaban J connectivity index is 1.62. The van der Waals surface area contributed by atoms with E-state index in [-0.39, 0.29) is 17.8 Å². The molecule has 0 fully saturated rings. The highest BCUT2D eigenvalue weighted by Crippen LogP contribution is 2.35. The Labute approximate surface area is 134 Å². The summed E-state index contributed by atoms with van der Waals surface area (Å²) in [7, 11) is 1.88. The summed E-state index contributed by atoms with van der Waals surface area (Å²) in [4.78, 5) is 15.2. The second-order valence-electron chi connectivity index (χ2n) is 5.50. The number of nitrogens with zero attached hydrogens (tertiary/aromatic N) is 1. The third-order valence-corrected chi connectivity index (χ3v) is 5.13. The van der Waals surface area contributed by atoms with E-state index in [0.29, 0.717) is 5.75 Å². The van der Waals surface area contributed by atoms with Crippen molar-refractivity contribution in [3.8, 4) is 0 Å². The first-order valence-corrected chi connectivity index (χ1v) is 8.35. The maximum Gasteiger partial charge on any atom is 0.233 e. The number of carbonyl (C=O) groups is 1. The van der Waals surface area contributed by atoms with E-state index in [1.807, 2.05) is 24.1 Å². The molecule has 0 saturated carbocycles. The van der Waals surface area contributed by atoms with E-state index in [1.54, 1.807) is 12.1 Å². The van der Waals surface area contributed by atoms with Crippen molar-refractivity contribution in [1.29, 1.82) is 0 Å². The van der Waals surface area contributed by atoms with Gasteiger partial charge >= 0.3 is 0 Å². The molecule has 0 radical (unpaired) electrons. The molecule has 2 nitrogen and oxygen atoms in total. The lowest BCUT2D eigenvalue weighted by Crippen LogP contribution is -2.31. The summed E-state index contributed by atoms with van der Waals surface area (Å²) >= 11 is 1.45. The monoisotopic (exact) mass is 315 g/mol. The molecule has 0 aromatic heterocycles. The minimum atomic E-state index is -0.254. The molecule has 1 aliphatic rings. The predicted molar refractivity (Wildman–Crippen MR) is 87.4 cm³/mol. The molecule has 0 saturated heterocycles. The van der Waals surface area contributed by atoms with E-state index < -0.39 is 0 Å². The summed E-state index contributed by atoms with van der Waals surface area (Å²) in [6.45, 7) is 0. The van der Waals surface area contributed by atoms with Crippen molar-refractivity contribution < 1.29 is 9.18 Å². The van der Waals surface area contributed by atoms with E-state index in [0.717, 1.165) is 17.7 Å². The molecule has 3 rings (SSSR count). The highest BCUT2D eigenvalue weighted by Gasteiger charge is 2.28. The Morgan fingerprint density at radius 1 is 1.23 bits per heavy atom. The molecular formula is C18H18FNOS. The number of rotatable bonds is 4. The molecule has 4 heteroatoms. The minimum Gasteiger partial charge on any atom is -0.338 e. The second kappa shape index (κ2) is 6.53. The van der Waals surface area contributed by atoms with Crippen LogP contribution in [0.5, 0.6) is 0 Å². The molecule has 0 bridgehead atoms. The fourth-order valence-electron chi connectivity index (χ4n) is 2.89. The average Bonchev–Trinajstić information content (AvgIpc) is 2.97. The largest absolute Gasteiger partial charge is 0.338 e. The third kappa shape index (κ3) is 3.17. The Bertz CT molecular complexity index is 671. The number of amides is 1. The molecule has 0 aliphatic heterocycles. The number of thioether (sulfide) groups is 1. The highest BCUT2D eigenvalue weighted by atomic mass is 32.2. The fraction of sp³-hybridized carbons (Fsp3) is 0.278. The smallest absolute Gasteiger partial charge is 0.233 e. The Morgan fingerprint density at radius 3 is 2.73 bits per heavy atom. The zero-order valence-electron chi connectivity index (χ0n) is 12.5. The number of hydrogen-bond acceptors (Lipinski definition) is 2. The van der Waals surface area contributed by atoms with E-state index in [9.17, 15) is 9.18 Å². The molecule has 0 spiro atoms. The molecule has 114 valence electrons. The first-order valence-electron chi connectivity index (χ1n) is 7.37. The molecule has 1 atom stereocenters. The summed E-state index contributed by atoms with van der Waals surface area (Å²) in [5.74, 6) is 0.229. The van der Waals surface area contributed by atoms with Crippen LogP contribution in [0.25, 0.3) is 0 Å². The fourth-order valence-corrected chi connectivity index (χ4v) is 3.71. The maximum absolute atomic E-state index is 12.9.